The Bertz CT molecular complexity index is 648. The lowest BCUT2D eigenvalue weighted by Crippen LogP contribution is -2.48. The highest BCUT2D eigenvalue weighted by Crippen LogP contribution is 2.36. The van der Waals surface area contributed by atoms with Crippen LogP contribution in [0, 0.1) is 11.3 Å². The quantitative estimate of drug-likeness (QED) is 0.837. The van der Waals surface area contributed by atoms with Crippen LogP contribution in [0.2, 0.25) is 5.02 Å². The molecule has 0 unspecified atom stereocenters. The fourth-order valence-corrected chi connectivity index (χ4v) is 3.95. The van der Waals surface area contributed by atoms with Gasteiger partial charge in [0.2, 0.25) is 5.91 Å². The molecule has 1 aliphatic heterocycles. The lowest BCUT2D eigenvalue weighted by atomic mass is 9.74. The van der Waals surface area contributed by atoms with Crippen molar-refractivity contribution in [1.82, 2.24) is 4.90 Å². The largest absolute Gasteiger partial charge is 0.396 e. The molecule has 0 spiro atoms. The first-order chi connectivity index (χ1) is 11.8. The minimum absolute atomic E-state index is 0.0780. The molecule has 1 saturated heterocycles. The monoisotopic (exact) mass is 366 g/mol. The first kappa shape index (κ1) is 19.7. The smallest absolute Gasteiger partial charge is 0.255 e. The van der Waals surface area contributed by atoms with E-state index in [1.165, 1.54) is 6.92 Å². The van der Waals surface area contributed by atoms with E-state index in [4.69, 9.17) is 11.6 Å². The van der Waals surface area contributed by atoms with Gasteiger partial charge in [0.1, 0.15) is 0 Å². The molecule has 1 aromatic carbocycles. The van der Waals surface area contributed by atoms with Gasteiger partial charge >= 0.3 is 0 Å². The molecule has 138 valence electrons. The van der Waals surface area contributed by atoms with E-state index >= 15 is 0 Å². The molecule has 1 aromatic rings. The summed E-state index contributed by atoms with van der Waals surface area (Å²) >= 11 is 6.23. The highest BCUT2D eigenvalue weighted by atomic mass is 35.5. The fraction of sp³-hybridized carbons (Fsp3) is 0.579. The first-order valence-electron chi connectivity index (χ1n) is 8.73. The van der Waals surface area contributed by atoms with E-state index in [2.05, 4.69) is 19.2 Å². The third-order valence-corrected chi connectivity index (χ3v) is 4.97. The number of piperidine rings is 1. The molecular weight excluding hydrogens is 340 g/mol. The summed E-state index contributed by atoms with van der Waals surface area (Å²) in [5.74, 6) is 0.0993. The van der Waals surface area contributed by atoms with Crippen molar-refractivity contribution in [3.8, 4) is 0 Å². The highest BCUT2D eigenvalue weighted by Gasteiger charge is 2.37. The van der Waals surface area contributed by atoms with Gasteiger partial charge in [0.15, 0.2) is 0 Å². The van der Waals surface area contributed by atoms with Gasteiger partial charge < -0.3 is 15.3 Å². The maximum Gasteiger partial charge on any atom is 0.255 e. The van der Waals surface area contributed by atoms with Gasteiger partial charge in [-0.3, -0.25) is 9.59 Å². The SMILES string of the molecule is CC(=O)Nc1ccc(Cl)c(C(=O)N2CCC[C@@](CO)(CC(C)C)C2)c1. The number of benzene rings is 1. The molecule has 0 aliphatic carbocycles. The third kappa shape index (κ3) is 4.95. The Balaban J connectivity index is 2.23. The molecule has 1 heterocycles. The van der Waals surface area contributed by atoms with Gasteiger partial charge in [-0.2, -0.15) is 0 Å². The number of nitrogens with one attached hydrogen (secondary N) is 1. The van der Waals surface area contributed by atoms with Gasteiger partial charge in [0, 0.05) is 31.1 Å². The number of hydrogen-bond acceptors (Lipinski definition) is 3. The van der Waals surface area contributed by atoms with Crippen molar-refractivity contribution in [2.45, 2.75) is 40.0 Å². The van der Waals surface area contributed by atoms with Gasteiger partial charge in [-0.15, -0.1) is 0 Å². The molecule has 0 bridgehead atoms. The molecular formula is C19H27ClN2O3. The number of nitrogens with zero attached hydrogens (tertiary/aromatic N) is 1. The molecule has 1 fully saturated rings. The average molecular weight is 367 g/mol. The zero-order chi connectivity index (χ0) is 18.6. The van der Waals surface area contributed by atoms with Crippen LogP contribution in [0.4, 0.5) is 5.69 Å². The van der Waals surface area contributed by atoms with Gasteiger partial charge in [-0.25, -0.2) is 0 Å². The first-order valence-corrected chi connectivity index (χ1v) is 9.11. The van der Waals surface area contributed by atoms with Crippen LogP contribution in [0.15, 0.2) is 18.2 Å². The van der Waals surface area contributed by atoms with Crippen LogP contribution in [-0.4, -0.2) is 41.5 Å². The minimum Gasteiger partial charge on any atom is -0.396 e. The second kappa shape index (κ2) is 8.19. The van der Waals surface area contributed by atoms with Gasteiger partial charge in [-0.1, -0.05) is 25.4 Å². The average Bonchev–Trinajstić information content (AvgIpc) is 2.55. The van der Waals surface area contributed by atoms with E-state index in [1.807, 2.05) is 0 Å². The molecule has 2 amide bonds. The van der Waals surface area contributed by atoms with Crippen LogP contribution in [0.3, 0.4) is 0 Å². The second-order valence-corrected chi connectivity index (χ2v) is 7.87. The molecule has 0 saturated carbocycles. The van der Waals surface area contributed by atoms with E-state index in [9.17, 15) is 14.7 Å². The maximum absolute atomic E-state index is 13.0. The van der Waals surface area contributed by atoms with Gasteiger partial charge in [0.05, 0.1) is 17.2 Å². The fourth-order valence-electron chi connectivity index (χ4n) is 3.75. The number of carbonyl (C=O) groups excluding carboxylic acids is 2. The Morgan fingerprint density at radius 1 is 1.40 bits per heavy atom. The van der Waals surface area contributed by atoms with E-state index < -0.39 is 0 Å². The van der Waals surface area contributed by atoms with Crippen LogP contribution in [-0.2, 0) is 4.79 Å². The van der Waals surface area contributed by atoms with Crippen LogP contribution < -0.4 is 5.32 Å². The minimum atomic E-state index is -0.246. The van der Waals surface area contributed by atoms with Crippen LogP contribution >= 0.6 is 11.6 Å². The molecule has 0 radical (unpaired) electrons. The van der Waals surface area contributed by atoms with Crippen molar-refractivity contribution in [2.75, 3.05) is 25.0 Å². The van der Waals surface area contributed by atoms with Crippen molar-refractivity contribution in [3.63, 3.8) is 0 Å². The summed E-state index contributed by atoms with van der Waals surface area (Å²) < 4.78 is 0. The summed E-state index contributed by atoms with van der Waals surface area (Å²) in [6, 6.07) is 4.91. The van der Waals surface area contributed by atoms with E-state index in [1.54, 1.807) is 23.1 Å². The van der Waals surface area contributed by atoms with Crippen LogP contribution in [0.5, 0.6) is 0 Å². The summed E-state index contributed by atoms with van der Waals surface area (Å²) in [4.78, 5) is 26.0. The third-order valence-electron chi connectivity index (χ3n) is 4.64. The number of halogens is 1. The number of amides is 2. The molecule has 2 rings (SSSR count). The number of aliphatic hydroxyl groups excluding tert-OH is 1. The summed E-state index contributed by atoms with van der Waals surface area (Å²) in [7, 11) is 0. The topological polar surface area (TPSA) is 69.6 Å². The Morgan fingerprint density at radius 3 is 2.72 bits per heavy atom. The Labute approximate surface area is 154 Å². The van der Waals surface area contributed by atoms with Crippen LogP contribution in [0.1, 0.15) is 50.4 Å². The summed E-state index contributed by atoms with van der Waals surface area (Å²) in [6.07, 6.45) is 2.67. The molecule has 5 nitrogen and oxygen atoms in total. The molecule has 25 heavy (non-hydrogen) atoms. The number of carbonyl (C=O) groups is 2. The predicted molar refractivity (Wildman–Crippen MR) is 99.9 cm³/mol. The van der Waals surface area contributed by atoms with E-state index in [0.29, 0.717) is 35.3 Å². The van der Waals surface area contributed by atoms with E-state index in [0.717, 1.165) is 19.3 Å². The normalized spacial score (nSPS) is 20.6. The van der Waals surface area contributed by atoms with Crippen molar-refractivity contribution in [2.24, 2.45) is 11.3 Å². The number of rotatable bonds is 5. The maximum atomic E-state index is 13.0. The zero-order valence-electron chi connectivity index (χ0n) is 15.1. The summed E-state index contributed by atoms with van der Waals surface area (Å²) in [6.45, 7) is 6.94. The Morgan fingerprint density at radius 2 is 2.12 bits per heavy atom. The zero-order valence-corrected chi connectivity index (χ0v) is 15.9. The highest BCUT2D eigenvalue weighted by molar-refractivity contribution is 6.34. The van der Waals surface area contributed by atoms with Crippen molar-refractivity contribution < 1.29 is 14.7 Å². The number of hydrogen-bond donors (Lipinski definition) is 2. The lowest BCUT2D eigenvalue weighted by Gasteiger charge is -2.43. The molecule has 6 heteroatoms. The number of likely N-dealkylation sites (tertiary alicyclic amines) is 1. The molecule has 2 N–H and O–H groups in total. The van der Waals surface area contributed by atoms with E-state index in [-0.39, 0.29) is 23.8 Å². The standard InChI is InChI=1S/C19H27ClN2O3/c1-13(2)10-19(12-23)7-4-8-22(11-19)18(25)16-9-15(21-14(3)24)5-6-17(16)20/h5-6,9,13,23H,4,7-8,10-12H2,1-3H3,(H,21,24)/t19-/m1/s1. The van der Waals surface area contributed by atoms with Crippen molar-refractivity contribution >= 4 is 29.1 Å². The molecule has 1 aliphatic rings. The summed E-state index contributed by atoms with van der Waals surface area (Å²) in [5, 5.41) is 13.0. The lowest BCUT2D eigenvalue weighted by molar-refractivity contribution is -0.114. The molecule has 0 aromatic heterocycles. The van der Waals surface area contributed by atoms with Gasteiger partial charge in [0.25, 0.3) is 5.91 Å². The van der Waals surface area contributed by atoms with Crippen molar-refractivity contribution in [1.29, 1.82) is 0 Å². The number of anilines is 1. The van der Waals surface area contributed by atoms with Gasteiger partial charge in [-0.05, 0) is 43.4 Å². The van der Waals surface area contributed by atoms with Crippen LogP contribution in [0.25, 0.3) is 0 Å². The number of aliphatic hydroxyl groups is 1. The Hall–Kier alpha value is -1.59. The summed E-state index contributed by atoms with van der Waals surface area (Å²) in [5.41, 5.74) is 0.683. The Kier molecular flexibility index (Phi) is 6.47. The molecule has 1 atom stereocenters. The predicted octanol–water partition coefficient (Wildman–Crippen LogP) is 3.56. The van der Waals surface area contributed by atoms with Crippen molar-refractivity contribution in [3.05, 3.63) is 28.8 Å². The second-order valence-electron chi connectivity index (χ2n) is 7.46.